The van der Waals surface area contributed by atoms with Gasteiger partial charge < -0.3 is 34.8 Å². The van der Waals surface area contributed by atoms with Crippen molar-refractivity contribution in [3.8, 4) is 0 Å². The topological polar surface area (TPSA) is 176 Å². The molecular formula is C42H73N4O10. The lowest BCUT2D eigenvalue weighted by atomic mass is 9.87. The van der Waals surface area contributed by atoms with Crippen LogP contribution in [0.3, 0.4) is 0 Å². The summed E-state index contributed by atoms with van der Waals surface area (Å²) in [7, 11) is 0. The van der Waals surface area contributed by atoms with E-state index in [4.69, 9.17) is 18.9 Å². The highest BCUT2D eigenvalue weighted by Gasteiger charge is 2.57. The van der Waals surface area contributed by atoms with Gasteiger partial charge in [-0.2, -0.15) is 5.06 Å². The Bertz CT molecular complexity index is 1390. The molecule has 6 atom stereocenters. The van der Waals surface area contributed by atoms with Crippen LogP contribution in [0.4, 0.5) is 0 Å². The van der Waals surface area contributed by atoms with E-state index >= 15 is 0 Å². The molecule has 0 aromatic rings. The first-order chi connectivity index (χ1) is 25.2. The first-order valence-corrected chi connectivity index (χ1v) is 20.4. The summed E-state index contributed by atoms with van der Waals surface area (Å²) < 4.78 is 24.1. The molecule has 0 aromatic heterocycles. The summed E-state index contributed by atoms with van der Waals surface area (Å²) in [6, 6.07) is 0. The highest BCUT2D eigenvalue weighted by atomic mass is 16.6. The summed E-state index contributed by atoms with van der Waals surface area (Å²) >= 11 is 0. The molecule has 4 aliphatic rings. The zero-order valence-corrected chi connectivity index (χ0v) is 37.1. The predicted molar refractivity (Wildman–Crippen MR) is 208 cm³/mol. The molecule has 4 rings (SSSR count). The van der Waals surface area contributed by atoms with Gasteiger partial charge in [-0.15, -0.1) is 10.3 Å². The van der Waals surface area contributed by atoms with Gasteiger partial charge in [0.15, 0.2) is 0 Å². The maximum atomic E-state index is 13.9. The highest BCUT2D eigenvalue weighted by molar-refractivity contribution is 5.77. The maximum absolute atomic E-state index is 13.9. The average molecular weight is 794 g/mol. The van der Waals surface area contributed by atoms with E-state index < -0.39 is 93.0 Å². The third kappa shape index (κ3) is 9.73. The summed E-state index contributed by atoms with van der Waals surface area (Å²) in [4.78, 5) is 55.0. The second-order valence-electron chi connectivity index (χ2n) is 22.0. The first kappa shape index (κ1) is 46.3. The smallest absolute Gasteiger partial charge is 0.311 e. The molecule has 0 bridgehead atoms. The second kappa shape index (κ2) is 15.3. The van der Waals surface area contributed by atoms with Crippen molar-refractivity contribution < 1.29 is 48.5 Å². The molecule has 0 aromatic carbocycles. The van der Waals surface area contributed by atoms with Crippen molar-refractivity contribution in [3.63, 3.8) is 0 Å². The Morgan fingerprint density at radius 3 is 1.20 bits per heavy atom. The number of hydroxylamine groups is 4. The molecule has 6 unspecified atom stereocenters. The lowest BCUT2D eigenvalue weighted by molar-refractivity contribution is -0.249. The maximum Gasteiger partial charge on any atom is 0.311 e. The number of esters is 4. The lowest BCUT2D eigenvalue weighted by Gasteiger charge is -2.35. The molecule has 4 heterocycles. The lowest BCUT2D eigenvalue weighted by Crippen LogP contribution is -2.48. The van der Waals surface area contributed by atoms with E-state index in [0.29, 0.717) is 25.7 Å². The molecule has 4 saturated heterocycles. The number of nitrogens with one attached hydrogen (secondary N) is 2. The molecule has 4 fully saturated rings. The first-order valence-electron chi connectivity index (χ1n) is 20.4. The molecule has 321 valence electrons. The fourth-order valence-electron chi connectivity index (χ4n) is 10.3. The quantitative estimate of drug-likeness (QED) is 0.158. The minimum Gasteiger partial charge on any atom is -0.461 e. The van der Waals surface area contributed by atoms with Crippen molar-refractivity contribution in [2.24, 2.45) is 23.7 Å². The Morgan fingerprint density at radius 1 is 0.554 bits per heavy atom. The van der Waals surface area contributed by atoms with Crippen LogP contribution in [0, 0.1) is 23.7 Å². The summed E-state index contributed by atoms with van der Waals surface area (Å²) in [5.74, 6) is -4.27. The van der Waals surface area contributed by atoms with Gasteiger partial charge in [0.2, 0.25) is 0 Å². The van der Waals surface area contributed by atoms with Crippen LogP contribution in [0.2, 0.25) is 0 Å². The van der Waals surface area contributed by atoms with Crippen LogP contribution in [0.1, 0.15) is 149 Å². The Kier molecular flexibility index (Phi) is 12.7. The van der Waals surface area contributed by atoms with Crippen LogP contribution in [0.5, 0.6) is 0 Å². The fourth-order valence-corrected chi connectivity index (χ4v) is 10.3. The Morgan fingerprint density at radius 2 is 0.911 bits per heavy atom. The second-order valence-corrected chi connectivity index (χ2v) is 22.0. The van der Waals surface area contributed by atoms with Crippen LogP contribution in [-0.2, 0) is 43.3 Å². The summed E-state index contributed by atoms with van der Waals surface area (Å²) in [6.45, 7) is 29.7. The average Bonchev–Trinajstić information content (AvgIpc) is 3.55. The van der Waals surface area contributed by atoms with Crippen LogP contribution in [-0.4, -0.2) is 109 Å². The molecule has 14 nitrogen and oxygen atoms in total. The monoisotopic (exact) mass is 794 g/mol. The van der Waals surface area contributed by atoms with Crippen molar-refractivity contribution in [1.29, 1.82) is 0 Å². The molecule has 3 N–H and O–H groups in total. The van der Waals surface area contributed by atoms with Gasteiger partial charge in [0, 0.05) is 33.2 Å². The van der Waals surface area contributed by atoms with E-state index in [-0.39, 0.29) is 37.1 Å². The standard InChI is InChI=1S/C42H73N4O10/c1-35(2)19-27(39(9,10)43-35)33(49)55-25(23-53-31(47)29-21-37(5,6)45(51)41(29,13)14)17-18-26(56-34(50)28-20-36(3,4)44-40(28,11)12)24-54-32(48)30-22-38(7,8)46(52)42(30,15)16/h25-30,43-44,51H,17-24H2,1-16H3. The van der Waals surface area contributed by atoms with Gasteiger partial charge in [0.05, 0.1) is 34.7 Å². The van der Waals surface area contributed by atoms with Crippen LogP contribution >= 0.6 is 0 Å². The number of carbonyl (C=O) groups excluding carboxylic acids is 4. The summed E-state index contributed by atoms with van der Waals surface area (Å²) in [5.41, 5.74) is -5.06. The van der Waals surface area contributed by atoms with Crippen LogP contribution < -0.4 is 10.6 Å². The van der Waals surface area contributed by atoms with Gasteiger partial charge in [0.1, 0.15) is 25.4 Å². The summed E-state index contributed by atoms with van der Waals surface area (Å²) in [6.07, 6.45) is 0.140. The number of ether oxygens (including phenoxy) is 4. The van der Waals surface area contributed by atoms with Crippen molar-refractivity contribution in [3.05, 3.63) is 0 Å². The minimum atomic E-state index is -1.01. The number of hydrogen-bond donors (Lipinski definition) is 3. The molecular weight excluding hydrogens is 720 g/mol. The van der Waals surface area contributed by atoms with Gasteiger partial charge in [-0.25, -0.2) is 0 Å². The Hall–Kier alpha value is -2.36. The van der Waals surface area contributed by atoms with Crippen molar-refractivity contribution in [2.75, 3.05) is 13.2 Å². The SMILES string of the molecule is CC1(C)CC(C(=O)OC(CCC(COC(=O)C2CC(C)(C)N(O)C2(C)C)OC(=O)C2CC(C)(C)NC2(C)C)COC(=O)C2CC(C)(C)N([O])C2(C)C)C(C)(C)N1. The van der Waals surface area contributed by atoms with Gasteiger partial charge >= 0.3 is 23.9 Å². The largest absolute Gasteiger partial charge is 0.461 e. The van der Waals surface area contributed by atoms with Gasteiger partial charge in [-0.3, -0.25) is 19.2 Å². The zero-order chi connectivity index (χ0) is 42.8. The number of rotatable bonds is 13. The third-order valence-corrected chi connectivity index (χ3v) is 13.1. The molecule has 0 saturated carbocycles. The molecule has 14 heteroatoms. The van der Waals surface area contributed by atoms with E-state index in [1.807, 2.05) is 69.2 Å². The predicted octanol–water partition coefficient (Wildman–Crippen LogP) is 5.50. The fraction of sp³-hybridized carbons (Fsp3) is 0.905. The number of nitrogens with zero attached hydrogens (tertiary/aromatic N) is 2. The van der Waals surface area contributed by atoms with Gasteiger partial charge in [0.25, 0.3) is 0 Å². The molecule has 0 amide bonds. The molecule has 0 aliphatic carbocycles. The zero-order valence-electron chi connectivity index (χ0n) is 37.1. The van der Waals surface area contributed by atoms with Crippen LogP contribution in [0.25, 0.3) is 0 Å². The number of hydrogen-bond acceptors (Lipinski definition) is 13. The Balaban J connectivity index is 1.56. The summed E-state index contributed by atoms with van der Waals surface area (Å²) in [5, 5.41) is 33.1. The van der Waals surface area contributed by atoms with Gasteiger partial charge in [-0.05, 0) is 149 Å². The van der Waals surface area contributed by atoms with E-state index in [9.17, 15) is 29.6 Å². The molecule has 0 spiro atoms. The Labute approximate surface area is 335 Å². The molecule has 4 aliphatic heterocycles. The van der Waals surface area contributed by atoms with E-state index in [0.717, 1.165) is 5.06 Å². The van der Waals surface area contributed by atoms with Crippen molar-refractivity contribution in [2.45, 2.75) is 206 Å². The normalized spacial score (nSPS) is 31.7. The van der Waals surface area contributed by atoms with Gasteiger partial charge in [-0.1, -0.05) is 0 Å². The van der Waals surface area contributed by atoms with E-state index in [2.05, 4.69) is 10.6 Å². The molecule has 1 radical (unpaired) electrons. The minimum absolute atomic E-state index is 0.121. The van der Waals surface area contributed by atoms with Crippen LogP contribution in [0.15, 0.2) is 0 Å². The van der Waals surface area contributed by atoms with E-state index in [1.54, 1.807) is 41.5 Å². The number of carbonyl (C=O) groups is 4. The van der Waals surface area contributed by atoms with Crippen molar-refractivity contribution in [1.82, 2.24) is 20.8 Å². The highest BCUT2D eigenvalue weighted by Crippen LogP contribution is 2.46. The third-order valence-electron chi connectivity index (χ3n) is 13.1. The van der Waals surface area contributed by atoms with Crippen molar-refractivity contribution >= 4 is 23.9 Å². The van der Waals surface area contributed by atoms with E-state index in [1.165, 1.54) is 5.06 Å². The molecule has 56 heavy (non-hydrogen) atoms.